The van der Waals surface area contributed by atoms with Crippen LogP contribution in [0.2, 0.25) is 0 Å². The minimum atomic E-state index is -0.468. The van der Waals surface area contributed by atoms with Crippen LogP contribution in [0.1, 0.15) is 24.0 Å². The number of carbonyl (C=O) groups excluding carboxylic acids is 1. The molecule has 0 aromatic carbocycles. The van der Waals surface area contributed by atoms with Gasteiger partial charge in [0.15, 0.2) is 0 Å². The summed E-state index contributed by atoms with van der Waals surface area (Å²) in [6.45, 7) is 3.19. The van der Waals surface area contributed by atoms with Crippen LogP contribution < -0.4 is 0 Å². The van der Waals surface area contributed by atoms with Crippen LogP contribution in [0.25, 0.3) is 5.57 Å². The summed E-state index contributed by atoms with van der Waals surface area (Å²) >= 11 is 0. The molecule has 0 aliphatic rings. The van der Waals surface area contributed by atoms with Gasteiger partial charge in [0.25, 0.3) is 0 Å². The predicted octanol–water partition coefficient (Wildman–Crippen LogP) is 0.851. The molecule has 6 heteroatoms. The molecule has 0 saturated heterocycles. The number of carbonyl (C=O) groups is 1. The van der Waals surface area contributed by atoms with Crippen molar-refractivity contribution in [1.29, 1.82) is 0 Å². The average Bonchev–Trinajstić information content (AvgIpc) is 2.31. The Bertz CT molecular complexity index is 433. The maximum Gasteiger partial charge on any atom is 0.338 e. The van der Waals surface area contributed by atoms with Crippen LogP contribution in [0.15, 0.2) is 12.3 Å². The number of hydrogen-bond donors (Lipinski definition) is 1. The van der Waals surface area contributed by atoms with E-state index in [4.69, 9.17) is 0 Å². The average molecular weight is 311 g/mol. The molecule has 5 nitrogen and oxygen atoms in total. The molecule has 17 heavy (non-hydrogen) atoms. The van der Waals surface area contributed by atoms with E-state index in [0.717, 1.165) is 0 Å². The number of nitrogens with zero attached hydrogens (tertiary/aromatic N) is 2. The van der Waals surface area contributed by atoms with Crippen LogP contribution >= 0.6 is 0 Å². The van der Waals surface area contributed by atoms with Crippen molar-refractivity contribution in [3.8, 4) is 0 Å². The van der Waals surface area contributed by atoms with Crippen molar-refractivity contribution < 1.29 is 47.3 Å². The monoisotopic (exact) mass is 311 g/mol. The molecule has 1 heterocycles. The number of aliphatic hydroxyl groups excluding tert-OH is 1. The minimum absolute atomic E-state index is 0. The summed E-state index contributed by atoms with van der Waals surface area (Å²) in [6, 6.07) is 0. The number of allylic oxidation sites excluding steroid dienone is 1. The van der Waals surface area contributed by atoms with Gasteiger partial charge in [0.2, 0.25) is 0 Å². The van der Waals surface area contributed by atoms with E-state index in [2.05, 4.69) is 14.7 Å². The molecule has 0 unspecified atom stereocenters. The molecule has 1 rings (SSSR count). The largest absolute Gasteiger partial charge is 0.465 e. The Labute approximate surface area is 125 Å². The Morgan fingerprint density at radius 2 is 2.24 bits per heavy atom. The fourth-order valence-electron chi connectivity index (χ4n) is 1.36. The fourth-order valence-corrected chi connectivity index (χ4v) is 1.36. The standard InChI is InChI=1S/C11H14N2O3.Y/c1-4-8(11(15)16-3)9-5-12-7(2)13-10(9)6-14;/h4-5,14H,6H2,1-3H3;/b8-4+;. The third-order valence-electron chi connectivity index (χ3n) is 2.12. The first-order valence-electron chi connectivity index (χ1n) is 4.82. The maximum absolute atomic E-state index is 11.5. The third-order valence-corrected chi connectivity index (χ3v) is 2.12. The van der Waals surface area contributed by atoms with Crippen LogP contribution in [-0.4, -0.2) is 28.2 Å². The second-order valence-electron chi connectivity index (χ2n) is 3.13. The number of rotatable bonds is 3. The summed E-state index contributed by atoms with van der Waals surface area (Å²) in [4.78, 5) is 19.5. The molecule has 0 amide bonds. The Hall–Kier alpha value is -0.646. The molecule has 0 aliphatic heterocycles. The topological polar surface area (TPSA) is 72.3 Å². The second-order valence-corrected chi connectivity index (χ2v) is 3.13. The van der Waals surface area contributed by atoms with E-state index in [1.165, 1.54) is 13.3 Å². The zero-order valence-corrected chi connectivity index (χ0v) is 12.9. The molecule has 0 aliphatic carbocycles. The first kappa shape index (κ1) is 16.4. The van der Waals surface area contributed by atoms with Crippen LogP contribution in [-0.2, 0) is 48.8 Å². The number of methoxy groups -OCH3 is 1. The van der Waals surface area contributed by atoms with Crippen molar-refractivity contribution >= 4 is 11.5 Å². The fraction of sp³-hybridized carbons (Fsp3) is 0.364. The van der Waals surface area contributed by atoms with Gasteiger partial charge >= 0.3 is 5.97 Å². The van der Waals surface area contributed by atoms with Crippen molar-refractivity contribution in [2.24, 2.45) is 0 Å². The van der Waals surface area contributed by atoms with Crippen LogP contribution in [0.4, 0.5) is 0 Å². The summed E-state index contributed by atoms with van der Waals surface area (Å²) in [6.07, 6.45) is 3.12. The normalized spacial score (nSPS) is 10.7. The van der Waals surface area contributed by atoms with Gasteiger partial charge in [0, 0.05) is 44.5 Å². The van der Waals surface area contributed by atoms with Gasteiger partial charge < -0.3 is 9.84 Å². The summed E-state index contributed by atoms with van der Waals surface area (Å²) in [5, 5.41) is 9.17. The number of ether oxygens (including phenoxy) is 1. The van der Waals surface area contributed by atoms with Crippen LogP contribution in [0.5, 0.6) is 0 Å². The first-order valence-corrected chi connectivity index (χ1v) is 4.82. The molecule has 0 fully saturated rings. The van der Waals surface area contributed by atoms with Crippen molar-refractivity contribution in [2.45, 2.75) is 20.5 Å². The zero-order chi connectivity index (χ0) is 12.1. The molecule has 1 N–H and O–H groups in total. The molecule has 0 saturated carbocycles. The molecule has 1 radical (unpaired) electrons. The van der Waals surface area contributed by atoms with Gasteiger partial charge in [-0.1, -0.05) is 6.08 Å². The Kier molecular flexibility index (Phi) is 7.35. The van der Waals surface area contributed by atoms with E-state index in [1.807, 2.05) is 0 Å². The SMILES string of the molecule is C/C=C(/C(=O)OC)c1cnc(C)nc1CO.[Y]. The molecule has 0 spiro atoms. The second kappa shape index (κ2) is 7.64. The van der Waals surface area contributed by atoms with Gasteiger partial charge in [-0.15, -0.1) is 0 Å². The quantitative estimate of drug-likeness (QED) is 0.662. The van der Waals surface area contributed by atoms with E-state index < -0.39 is 5.97 Å². The summed E-state index contributed by atoms with van der Waals surface area (Å²) in [5.41, 5.74) is 1.28. The third kappa shape index (κ3) is 3.94. The number of esters is 1. The Morgan fingerprint density at radius 3 is 2.71 bits per heavy atom. The summed E-state index contributed by atoms with van der Waals surface area (Å²) in [7, 11) is 1.31. The molecule has 0 atom stereocenters. The number of aliphatic hydroxyl groups is 1. The van der Waals surface area contributed by atoms with Crippen molar-refractivity contribution in [1.82, 2.24) is 9.97 Å². The zero-order valence-electron chi connectivity index (χ0n) is 10.1. The van der Waals surface area contributed by atoms with E-state index in [0.29, 0.717) is 22.7 Å². The summed E-state index contributed by atoms with van der Waals surface area (Å²) < 4.78 is 4.64. The molecule has 89 valence electrons. The van der Waals surface area contributed by atoms with Crippen molar-refractivity contribution in [2.75, 3.05) is 7.11 Å². The maximum atomic E-state index is 11.5. The number of hydrogen-bond acceptors (Lipinski definition) is 5. The van der Waals surface area contributed by atoms with Crippen molar-refractivity contribution in [3.63, 3.8) is 0 Å². The van der Waals surface area contributed by atoms with Gasteiger partial charge in [-0.3, -0.25) is 0 Å². The first-order chi connectivity index (χ1) is 7.63. The molecule has 1 aromatic heterocycles. The Balaban J connectivity index is 0.00000256. The van der Waals surface area contributed by atoms with Crippen LogP contribution in [0, 0.1) is 6.92 Å². The van der Waals surface area contributed by atoms with Gasteiger partial charge in [-0.2, -0.15) is 0 Å². The molecule has 0 bridgehead atoms. The molecular weight excluding hydrogens is 297 g/mol. The van der Waals surface area contributed by atoms with E-state index >= 15 is 0 Å². The van der Waals surface area contributed by atoms with Gasteiger partial charge in [-0.25, -0.2) is 14.8 Å². The van der Waals surface area contributed by atoms with Gasteiger partial charge in [-0.05, 0) is 13.8 Å². The summed E-state index contributed by atoms with van der Waals surface area (Å²) in [5.74, 6) is 0.0813. The smallest absolute Gasteiger partial charge is 0.338 e. The number of aromatic nitrogens is 2. The van der Waals surface area contributed by atoms with E-state index in [-0.39, 0.29) is 39.3 Å². The number of aryl methyl sites for hydroxylation is 1. The van der Waals surface area contributed by atoms with Crippen molar-refractivity contribution in [3.05, 3.63) is 29.4 Å². The van der Waals surface area contributed by atoms with E-state index in [1.54, 1.807) is 19.9 Å². The Morgan fingerprint density at radius 1 is 1.59 bits per heavy atom. The van der Waals surface area contributed by atoms with E-state index in [9.17, 15) is 9.90 Å². The van der Waals surface area contributed by atoms with Gasteiger partial charge in [0.05, 0.1) is 25.0 Å². The predicted molar refractivity (Wildman–Crippen MR) is 58.4 cm³/mol. The van der Waals surface area contributed by atoms with Crippen LogP contribution in [0.3, 0.4) is 0 Å². The van der Waals surface area contributed by atoms with Gasteiger partial charge in [0.1, 0.15) is 5.82 Å². The minimum Gasteiger partial charge on any atom is -0.465 e. The molecule has 1 aromatic rings. The molecular formula is C11H14N2O3Y.